The minimum absolute atomic E-state index is 0.0546. The van der Waals surface area contributed by atoms with Gasteiger partial charge in [0.2, 0.25) is 5.78 Å². The Morgan fingerprint density at radius 2 is 0.894 bits per heavy atom. The Labute approximate surface area is 365 Å². The molecule has 3 aromatic carbocycles. The third-order valence-electron chi connectivity index (χ3n) is 7.55. The second-order valence-corrected chi connectivity index (χ2v) is 12.8. The maximum absolute atomic E-state index is 13.1. The number of hydrogen-bond donors (Lipinski definition) is 8. The van der Waals surface area contributed by atoms with E-state index in [-0.39, 0.29) is 17.3 Å². The zero-order valence-electron chi connectivity index (χ0n) is 33.9. The summed E-state index contributed by atoms with van der Waals surface area (Å²) in [6, 6.07) is 18.9. The van der Waals surface area contributed by atoms with E-state index in [1.54, 1.807) is 12.1 Å². The SMILES string of the molecule is NCCCNCCCCNCCCNCc1ccc(OC2=CC(=O)c3cc4ccccc4cc3C2=O)cc1.O=C(O)C(F)(F)F.O=C(O)C(F)(F)F.O=C(O)C(F)(F)F.O=C(O)C(F)(F)F. The van der Waals surface area contributed by atoms with Gasteiger partial charge >= 0.3 is 48.6 Å². The number of fused-ring (bicyclic) bond motifs is 2. The van der Waals surface area contributed by atoms with Crippen molar-refractivity contribution in [3.8, 4) is 5.75 Å². The molecule has 0 spiro atoms. The van der Waals surface area contributed by atoms with Crippen LogP contribution in [0.5, 0.6) is 5.75 Å². The Morgan fingerprint density at radius 3 is 1.29 bits per heavy atom. The van der Waals surface area contributed by atoms with Crippen LogP contribution in [0.3, 0.4) is 0 Å². The fourth-order valence-corrected chi connectivity index (χ4v) is 4.45. The Morgan fingerprint density at radius 1 is 0.530 bits per heavy atom. The van der Waals surface area contributed by atoms with E-state index < -0.39 is 48.6 Å². The highest BCUT2D eigenvalue weighted by Crippen LogP contribution is 2.28. The molecule has 3 aromatic rings. The number of unbranched alkanes of at least 4 members (excludes halogenated alkanes) is 1. The number of nitrogens with one attached hydrogen (secondary N) is 3. The van der Waals surface area contributed by atoms with Gasteiger partial charge in [0.25, 0.3) is 0 Å². The van der Waals surface area contributed by atoms with Crippen LogP contribution in [0.4, 0.5) is 52.7 Å². The first-order valence-corrected chi connectivity index (χ1v) is 18.6. The highest BCUT2D eigenvalue weighted by molar-refractivity contribution is 6.25. The molecule has 1 aliphatic carbocycles. The first kappa shape index (κ1) is 59.7. The molecular weight excluding hydrogens is 928 g/mol. The lowest BCUT2D eigenvalue weighted by molar-refractivity contribution is -0.193. The van der Waals surface area contributed by atoms with Gasteiger partial charge in [-0.2, -0.15) is 52.7 Å². The van der Waals surface area contributed by atoms with Crippen molar-refractivity contribution in [2.45, 2.75) is 56.9 Å². The second kappa shape index (κ2) is 28.6. The zero-order valence-corrected chi connectivity index (χ0v) is 33.9. The van der Waals surface area contributed by atoms with Crippen molar-refractivity contribution in [1.29, 1.82) is 0 Å². The molecule has 4 rings (SSSR count). The van der Waals surface area contributed by atoms with Gasteiger partial charge in [-0.3, -0.25) is 9.59 Å². The van der Waals surface area contributed by atoms with Crippen LogP contribution in [0.25, 0.3) is 10.8 Å². The minimum atomic E-state index is -5.08. The summed E-state index contributed by atoms with van der Waals surface area (Å²) in [5, 5.41) is 40.7. The molecule has 0 bridgehead atoms. The number of hydrogen-bond acceptors (Lipinski definition) is 11. The van der Waals surface area contributed by atoms with E-state index in [2.05, 4.69) is 16.0 Å². The molecule has 0 aliphatic heterocycles. The van der Waals surface area contributed by atoms with Gasteiger partial charge < -0.3 is 46.8 Å². The maximum Gasteiger partial charge on any atom is 0.490 e. The fraction of sp³-hybridized carbons (Fsp3) is 0.385. The van der Waals surface area contributed by atoms with Gasteiger partial charge in [-0.1, -0.05) is 36.4 Å². The number of rotatable bonds is 16. The van der Waals surface area contributed by atoms with E-state index in [1.807, 2.05) is 48.5 Å². The number of carbonyl (C=O) groups is 6. The largest absolute Gasteiger partial charge is 0.490 e. The lowest BCUT2D eigenvalue weighted by Gasteiger charge is -2.17. The number of carbonyl (C=O) groups excluding carboxylic acids is 2. The molecule has 0 heterocycles. The van der Waals surface area contributed by atoms with Crippen LogP contribution >= 0.6 is 0 Å². The molecule has 1 aliphatic rings. The monoisotopic (exact) mass is 970 g/mol. The molecule has 0 amide bonds. The van der Waals surface area contributed by atoms with E-state index in [0.29, 0.717) is 16.9 Å². The van der Waals surface area contributed by atoms with Crippen molar-refractivity contribution in [2.75, 3.05) is 39.3 Å². The molecule has 368 valence electrons. The number of carboxylic acid groups (broad SMARTS) is 4. The highest BCUT2D eigenvalue weighted by Gasteiger charge is 2.40. The highest BCUT2D eigenvalue weighted by atomic mass is 19.4. The minimum Gasteiger partial charge on any atom is -0.475 e. The third kappa shape index (κ3) is 25.2. The lowest BCUT2D eigenvalue weighted by Crippen LogP contribution is -2.24. The number of Topliss-reactive ketones (excluding diaryl/α,β-unsaturated/α-hetero) is 1. The van der Waals surface area contributed by atoms with Gasteiger partial charge in [0.1, 0.15) is 5.75 Å². The summed E-state index contributed by atoms with van der Waals surface area (Å²) in [4.78, 5) is 61.3. The normalized spacial score (nSPS) is 12.3. The topological polar surface area (TPSA) is 255 Å². The summed E-state index contributed by atoms with van der Waals surface area (Å²) >= 11 is 0. The van der Waals surface area contributed by atoms with E-state index in [4.69, 9.17) is 50.1 Å². The van der Waals surface area contributed by atoms with E-state index in [9.17, 15) is 62.3 Å². The van der Waals surface area contributed by atoms with Crippen molar-refractivity contribution in [2.24, 2.45) is 5.73 Å². The molecule has 0 unspecified atom stereocenters. The van der Waals surface area contributed by atoms with E-state index in [0.717, 1.165) is 75.0 Å². The van der Waals surface area contributed by atoms with Gasteiger partial charge in [0, 0.05) is 23.7 Å². The first-order valence-electron chi connectivity index (χ1n) is 18.6. The number of halogens is 12. The van der Waals surface area contributed by atoms with Gasteiger partial charge in [-0.25, -0.2) is 19.2 Å². The molecule has 0 saturated carbocycles. The van der Waals surface area contributed by atoms with Crippen molar-refractivity contribution in [1.82, 2.24) is 16.0 Å². The van der Waals surface area contributed by atoms with Crippen LogP contribution in [-0.4, -0.2) is 120 Å². The van der Waals surface area contributed by atoms with E-state index in [1.165, 1.54) is 18.9 Å². The lowest BCUT2D eigenvalue weighted by atomic mass is 9.90. The molecule has 0 radical (unpaired) electrons. The first-order chi connectivity index (χ1) is 30.4. The Balaban J connectivity index is 0.00000122. The average molecular weight is 971 g/mol. The number of nitrogens with two attached hydrogens (primary N) is 1. The van der Waals surface area contributed by atoms with Crippen molar-refractivity contribution in [3.05, 3.63) is 89.2 Å². The summed E-state index contributed by atoms with van der Waals surface area (Å²) in [5.41, 5.74) is 7.42. The second-order valence-electron chi connectivity index (χ2n) is 12.8. The smallest absolute Gasteiger partial charge is 0.475 e. The Kier molecular flexibility index (Phi) is 25.8. The van der Waals surface area contributed by atoms with Gasteiger partial charge in [0.05, 0.1) is 0 Å². The number of allylic oxidation sites excluding steroid dienone is 2. The summed E-state index contributed by atoms with van der Waals surface area (Å²) in [6.45, 7) is 6.56. The van der Waals surface area contributed by atoms with Gasteiger partial charge in [-0.05, 0) is 106 Å². The van der Waals surface area contributed by atoms with Crippen molar-refractivity contribution < 1.29 is 107 Å². The molecule has 27 heteroatoms. The number of alkyl halides is 12. The molecule has 0 aromatic heterocycles. The van der Waals surface area contributed by atoms with Crippen LogP contribution < -0.4 is 26.4 Å². The molecule has 0 saturated heterocycles. The Hall–Kier alpha value is -6.32. The van der Waals surface area contributed by atoms with Crippen LogP contribution in [0.1, 0.15) is 52.0 Å². The quantitative estimate of drug-likeness (QED) is 0.0563. The van der Waals surface area contributed by atoms with Gasteiger partial charge in [-0.15, -0.1) is 0 Å². The van der Waals surface area contributed by atoms with Gasteiger partial charge in [0.15, 0.2) is 11.5 Å². The zero-order chi connectivity index (χ0) is 50.9. The standard InChI is InChI=1S/C31H38N4O3.4C2HF3O2/c32-13-5-16-33-14-3-4-15-34-17-6-18-35-22-23-9-11-26(12-10-23)38-30-21-29(36)27-19-24-7-1-2-8-25(24)20-28(27)31(30)37;4*3-2(4,5)1(6)7/h1-2,7-12,19-21,33-35H,3-6,13-18,22,32H2;4*(H,6,7). The predicted octanol–water partition coefficient (Wildman–Crippen LogP) is 6.50. The summed E-state index contributed by atoms with van der Waals surface area (Å²) in [6.07, 6.45) is -14.6. The Bertz CT molecular complexity index is 1980. The fourth-order valence-electron chi connectivity index (χ4n) is 4.45. The molecule has 0 fully saturated rings. The number of carboxylic acids is 4. The summed E-state index contributed by atoms with van der Waals surface area (Å²) in [7, 11) is 0. The number of aliphatic carboxylic acids is 4. The van der Waals surface area contributed by atoms with Crippen molar-refractivity contribution >= 4 is 46.2 Å². The predicted molar refractivity (Wildman–Crippen MR) is 207 cm³/mol. The number of ether oxygens (including phenoxy) is 1. The number of ketones is 2. The van der Waals surface area contributed by atoms with Crippen LogP contribution in [0.2, 0.25) is 0 Å². The summed E-state index contributed by atoms with van der Waals surface area (Å²) in [5.74, 6) is -10.9. The molecular formula is C39H42F12N4O11. The van der Waals surface area contributed by atoms with Crippen LogP contribution in [0, 0.1) is 0 Å². The third-order valence-corrected chi connectivity index (χ3v) is 7.55. The summed E-state index contributed by atoms with van der Waals surface area (Å²) < 4.78 is 133. The maximum atomic E-state index is 13.1. The van der Waals surface area contributed by atoms with Crippen LogP contribution in [-0.2, 0) is 25.7 Å². The molecule has 9 N–H and O–H groups in total. The molecule has 15 nitrogen and oxygen atoms in total. The molecule has 0 atom stereocenters. The number of benzene rings is 3. The van der Waals surface area contributed by atoms with Crippen molar-refractivity contribution in [3.63, 3.8) is 0 Å². The average Bonchev–Trinajstić information content (AvgIpc) is 3.21. The van der Waals surface area contributed by atoms with E-state index >= 15 is 0 Å². The van der Waals surface area contributed by atoms with Crippen LogP contribution in [0.15, 0.2) is 72.5 Å². The molecule has 66 heavy (non-hydrogen) atoms.